The lowest BCUT2D eigenvalue weighted by atomic mass is 9.69. The first-order valence-corrected chi connectivity index (χ1v) is 7.99. The van der Waals surface area contributed by atoms with Crippen LogP contribution in [0, 0.1) is 0 Å². The van der Waals surface area contributed by atoms with Gasteiger partial charge >= 0.3 is 0 Å². The molecule has 0 aliphatic carbocycles. The zero-order valence-corrected chi connectivity index (χ0v) is 15.7. The lowest BCUT2D eigenvalue weighted by molar-refractivity contribution is 0.498. The van der Waals surface area contributed by atoms with Crippen molar-refractivity contribution in [3.05, 3.63) is 34.9 Å². The standard InChI is InChI=1S/C18H30.C2H6/c1-16(2,3)13-11-10-12-14(17(4,5)6)15(13)18(7,8)9;1-2/h10-12H,1-9H3;1-2H3. The number of benzene rings is 1. The fraction of sp³-hybridized carbons (Fsp3) is 0.700. The second kappa shape index (κ2) is 6.33. The van der Waals surface area contributed by atoms with Crippen LogP contribution >= 0.6 is 0 Å². The van der Waals surface area contributed by atoms with Crippen molar-refractivity contribution in [1.82, 2.24) is 0 Å². The smallest absolute Gasteiger partial charge is 0.0126 e. The summed E-state index contributed by atoms with van der Waals surface area (Å²) >= 11 is 0. The Bertz CT molecular complexity index is 385. The monoisotopic (exact) mass is 276 g/mol. The molecule has 0 aromatic heterocycles. The highest BCUT2D eigenvalue weighted by atomic mass is 14.3. The van der Waals surface area contributed by atoms with E-state index in [1.807, 2.05) is 13.8 Å². The molecule has 0 saturated heterocycles. The minimum absolute atomic E-state index is 0.187. The summed E-state index contributed by atoms with van der Waals surface area (Å²) in [7, 11) is 0. The van der Waals surface area contributed by atoms with Gasteiger partial charge in [-0.3, -0.25) is 0 Å². The fourth-order valence-corrected chi connectivity index (χ4v) is 2.61. The Kier molecular flexibility index (Phi) is 6.08. The van der Waals surface area contributed by atoms with Crippen molar-refractivity contribution >= 4 is 0 Å². The molecule has 0 nitrogen and oxygen atoms in total. The Balaban J connectivity index is 0.00000172. The molecule has 20 heavy (non-hydrogen) atoms. The first-order valence-electron chi connectivity index (χ1n) is 7.99. The van der Waals surface area contributed by atoms with Crippen LogP contribution in [0.2, 0.25) is 0 Å². The van der Waals surface area contributed by atoms with Gasteiger partial charge in [0.05, 0.1) is 0 Å². The zero-order chi connectivity index (χ0) is 16.4. The van der Waals surface area contributed by atoms with E-state index in [1.54, 1.807) is 0 Å². The Hall–Kier alpha value is -0.780. The third kappa shape index (κ3) is 4.65. The van der Waals surface area contributed by atoms with Crippen LogP contribution in [0.1, 0.15) is 92.9 Å². The fourth-order valence-electron chi connectivity index (χ4n) is 2.61. The SMILES string of the molecule is CC.CC(C)(C)c1cccc(C(C)(C)C)c1C(C)(C)C. The second-order valence-corrected chi connectivity index (χ2v) is 8.48. The highest BCUT2D eigenvalue weighted by molar-refractivity contribution is 5.46. The van der Waals surface area contributed by atoms with Gasteiger partial charge < -0.3 is 0 Å². The van der Waals surface area contributed by atoms with Crippen molar-refractivity contribution in [2.75, 3.05) is 0 Å². The van der Waals surface area contributed by atoms with Gasteiger partial charge in [0.2, 0.25) is 0 Å². The van der Waals surface area contributed by atoms with Crippen molar-refractivity contribution in [2.24, 2.45) is 0 Å². The molecule has 0 spiro atoms. The van der Waals surface area contributed by atoms with Crippen LogP contribution in [0.3, 0.4) is 0 Å². The average molecular weight is 277 g/mol. The predicted molar refractivity (Wildman–Crippen MR) is 93.9 cm³/mol. The van der Waals surface area contributed by atoms with Crippen molar-refractivity contribution in [2.45, 2.75) is 92.4 Å². The van der Waals surface area contributed by atoms with Gasteiger partial charge in [-0.1, -0.05) is 94.4 Å². The van der Waals surface area contributed by atoms with Crippen LogP contribution in [0.25, 0.3) is 0 Å². The van der Waals surface area contributed by atoms with Gasteiger partial charge in [-0.15, -0.1) is 0 Å². The normalized spacial score (nSPS) is 12.8. The summed E-state index contributed by atoms with van der Waals surface area (Å²) in [6, 6.07) is 6.82. The third-order valence-corrected chi connectivity index (χ3v) is 3.43. The first kappa shape index (κ1) is 19.2. The molecule has 1 aromatic carbocycles. The molecule has 0 saturated carbocycles. The maximum atomic E-state index is 2.33. The van der Waals surface area contributed by atoms with Crippen molar-refractivity contribution in [3.63, 3.8) is 0 Å². The van der Waals surface area contributed by atoms with E-state index >= 15 is 0 Å². The highest BCUT2D eigenvalue weighted by Crippen LogP contribution is 2.40. The van der Waals surface area contributed by atoms with E-state index in [0.29, 0.717) is 0 Å². The molecule has 0 radical (unpaired) electrons. The number of hydrogen-bond acceptors (Lipinski definition) is 0. The van der Waals surface area contributed by atoms with Crippen LogP contribution in [0.15, 0.2) is 18.2 Å². The summed E-state index contributed by atoms with van der Waals surface area (Å²) in [6.07, 6.45) is 0. The summed E-state index contributed by atoms with van der Waals surface area (Å²) in [5.74, 6) is 0. The zero-order valence-electron chi connectivity index (χ0n) is 15.7. The number of rotatable bonds is 0. The first-order chi connectivity index (χ1) is 8.85. The van der Waals surface area contributed by atoms with Gasteiger partial charge in [0.15, 0.2) is 0 Å². The van der Waals surface area contributed by atoms with E-state index in [-0.39, 0.29) is 16.2 Å². The van der Waals surface area contributed by atoms with Crippen molar-refractivity contribution in [3.8, 4) is 0 Å². The van der Waals surface area contributed by atoms with Gasteiger partial charge in [-0.25, -0.2) is 0 Å². The van der Waals surface area contributed by atoms with Crippen LogP contribution in [-0.4, -0.2) is 0 Å². The maximum absolute atomic E-state index is 2.33. The molecule has 0 aliphatic heterocycles. The Morgan fingerprint density at radius 1 is 0.550 bits per heavy atom. The molecule has 0 unspecified atom stereocenters. The van der Waals surface area contributed by atoms with Crippen molar-refractivity contribution < 1.29 is 0 Å². The van der Waals surface area contributed by atoms with Crippen LogP contribution in [0.4, 0.5) is 0 Å². The summed E-state index contributed by atoms with van der Waals surface area (Å²) in [6.45, 7) is 24.8. The molecule has 1 aromatic rings. The molecule has 116 valence electrons. The lowest BCUT2D eigenvalue weighted by Gasteiger charge is -2.36. The Labute approximate surface area is 128 Å². The molecule has 1 rings (SSSR count). The molecule has 0 fully saturated rings. The molecule has 0 aliphatic rings. The molecule has 0 amide bonds. The Morgan fingerprint density at radius 3 is 1.05 bits per heavy atom. The molecule has 0 bridgehead atoms. The molecule has 0 heterocycles. The van der Waals surface area contributed by atoms with Gasteiger partial charge in [-0.2, -0.15) is 0 Å². The molecule has 0 atom stereocenters. The second-order valence-electron chi connectivity index (χ2n) is 8.48. The van der Waals surface area contributed by atoms with Gasteiger partial charge in [0, 0.05) is 0 Å². The van der Waals surface area contributed by atoms with E-state index in [9.17, 15) is 0 Å². The average Bonchev–Trinajstić information content (AvgIpc) is 2.27. The molecule has 0 heteroatoms. The predicted octanol–water partition coefficient (Wildman–Crippen LogP) is 6.61. The van der Waals surface area contributed by atoms with Crippen molar-refractivity contribution in [1.29, 1.82) is 0 Å². The minimum Gasteiger partial charge on any atom is -0.0683 e. The van der Waals surface area contributed by atoms with E-state index in [0.717, 1.165) is 0 Å². The summed E-state index contributed by atoms with van der Waals surface area (Å²) in [4.78, 5) is 0. The van der Waals surface area contributed by atoms with E-state index in [4.69, 9.17) is 0 Å². The van der Waals surface area contributed by atoms with Crippen LogP contribution in [0.5, 0.6) is 0 Å². The molecule has 0 N–H and O–H groups in total. The van der Waals surface area contributed by atoms with Crippen LogP contribution in [-0.2, 0) is 16.2 Å². The largest absolute Gasteiger partial charge is 0.0683 e. The van der Waals surface area contributed by atoms with E-state index < -0.39 is 0 Å². The summed E-state index contributed by atoms with van der Waals surface area (Å²) in [5.41, 5.74) is 5.09. The minimum atomic E-state index is 0.187. The quantitative estimate of drug-likeness (QED) is 0.500. The van der Waals surface area contributed by atoms with Gasteiger partial charge in [0.1, 0.15) is 0 Å². The topological polar surface area (TPSA) is 0 Å². The molecular formula is C20H36. The summed E-state index contributed by atoms with van der Waals surface area (Å²) < 4.78 is 0. The van der Waals surface area contributed by atoms with Gasteiger partial charge in [0.25, 0.3) is 0 Å². The maximum Gasteiger partial charge on any atom is -0.0126 e. The third-order valence-electron chi connectivity index (χ3n) is 3.43. The lowest BCUT2D eigenvalue weighted by Crippen LogP contribution is -2.27. The van der Waals surface area contributed by atoms with Gasteiger partial charge in [-0.05, 0) is 32.9 Å². The summed E-state index contributed by atoms with van der Waals surface area (Å²) in [5, 5.41) is 0. The van der Waals surface area contributed by atoms with E-state index in [2.05, 4.69) is 80.5 Å². The highest BCUT2D eigenvalue weighted by Gasteiger charge is 2.30. The van der Waals surface area contributed by atoms with Crippen LogP contribution < -0.4 is 0 Å². The number of hydrogen-bond donors (Lipinski definition) is 0. The molecular weight excluding hydrogens is 240 g/mol. The Morgan fingerprint density at radius 2 is 0.850 bits per heavy atom. The van der Waals surface area contributed by atoms with E-state index in [1.165, 1.54) is 16.7 Å².